The summed E-state index contributed by atoms with van der Waals surface area (Å²) in [7, 11) is 0. The first-order chi connectivity index (χ1) is 13.1. The quantitative estimate of drug-likeness (QED) is 0.590. The first-order valence-corrected chi connectivity index (χ1v) is 8.95. The molecule has 0 aliphatic heterocycles. The molecule has 2 N–H and O–H groups in total. The number of nitrogens with zero attached hydrogens (tertiary/aromatic N) is 1. The van der Waals surface area contributed by atoms with Crippen molar-refractivity contribution in [1.29, 1.82) is 0 Å². The molecular formula is C21H20ClN3O2. The van der Waals surface area contributed by atoms with Gasteiger partial charge in [-0.1, -0.05) is 35.9 Å². The number of anilines is 3. The van der Waals surface area contributed by atoms with Crippen LogP contribution in [0.15, 0.2) is 66.9 Å². The summed E-state index contributed by atoms with van der Waals surface area (Å²) in [5.41, 5.74) is 2.48. The molecule has 1 amide bonds. The van der Waals surface area contributed by atoms with Gasteiger partial charge in [0.1, 0.15) is 11.6 Å². The molecule has 0 aliphatic carbocycles. The zero-order valence-electron chi connectivity index (χ0n) is 14.9. The number of para-hydroxylation sites is 1. The number of amides is 1. The van der Waals surface area contributed by atoms with Crippen molar-refractivity contribution in [1.82, 2.24) is 4.98 Å². The molecule has 0 saturated heterocycles. The van der Waals surface area contributed by atoms with Crippen LogP contribution in [0, 0.1) is 6.92 Å². The fraction of sp³-hybridized carbons (Fsp3) is 0.143. The summed E-state index contributed by atoms with van der Waals surface area (Å²) >= 11 is 6.13. The number of halogens is 1. The van der Waals surface area contributed by atoms with Crippen molar-refractivity contribution in [2.75, 3.05) is 17.2 Å². The molecule has 0 spiro atoms. The number of pyridine rings is 1. The van der Waals surface area contributed by atoms with Gasteiger partial charge >= 0.3 is 0 Å². The van der Waals surface area contributed by atoms with Gasteiger partial charge in [0.25, 0.3) is 0 Å². The van der Waals surface area contributed by atoms with Crippen LogP contribution in [0.5, 0.6) is 5.75 Å². The highest BCUT2D eigenvalue weighted by Crippen LogP contribution is 2.25. The largest absolute Gasteiger partial charge is 0.493 e. The van der Waals surface area contributed by atoms with Crippen LogP contribution < -0.4 is 15.4 Å². The third kappa shape index (κ3) is 5.46. The number of carbonyl (C=O) groups excluding carboxylic acids is 1. The van der Waals surface area contributed by atoms with E-state index in [0.29, 0.717) is 23.1 Å². The van der Waals surface area contributed by atoms with E-state index in [2.05, 4.69) is 15.6 Å². The minimum Gasteiger partial charge on any atom is -0.493 e. The Bertz CT molecular complexity index is 899. The summed E-state index contributed by atoms with van der Waals surface area (Å²) in [6, 6.07) is 18.7. The maximum Gasteiger partial charge on any atom is 0.227 e. The average molecular weight is 382 g/mol. The molecule has 0 fully saturated rings. The van der Waals surface area contributed by atoms with Crippen molar-refractivity contribution in [2.45, 2.75) is 13.3 Å². The van der Waals surface area contributed by atoms with Gasteiger partial charge in [-0.2, -0.15) is 0 Å². The predicted octanol–water partition coefficient (Wildman–Crippen LogP) is 5.19. The summed E-state index contributed by atoms with van der Waals surface area (Å²) in [6.45, 7) is 2.26. The monoisotopic (exact) mass is 381 g/mol. The Morgan fingerprint density at radius 3 is 2.63 bits per heavy atom. The molecule has 27 heavy (non-hydrogen) atoms. The zero-order valence-corrected chi connectivity index (χ0v) is 15.7. The molecule has 3 aromatic rings. The summed E-state index contributed by atoms with van der Waals surface area (Å²) < 4.78 is 5.52. The molecule has 0 aliphatic rings. The van der Waals surface area contributed by atoms with E-state index in [1.807, 2.05) is 55.5 Å². The van der Waals surface area contributed by atoms with E-state index in [-0.39, 0.29) is 12.3 Å². The van der Waals surface area contributed by atoms with E-state index in [1.165, 1.54) is 0 Å². The van der Waals surface area contributed by atoms with E-state index >= 15 is 0 Å². The maximum atomic E-state index is 12.0. The SMILES string of the molecule is Cc1c(Cl)cccc1Nc1ccc(NC(=O)CCOc2ccccc2)cn1. The Hall–Kier alpha value is -3.05. The van der Waals surface area contributed by atoms with Crippen molar-refractivity contribution in [3.63, 3.8) is 0 Å². The molecule has 0 radical (unpaired) electrons. The lowest BCUT2D eigenvalue weighted by atomic mass is 10.2. The lowest BCUT2D eigenvalue weighted by Crippen LogP contribution is -2.15. The number of hydrogen-bond donors (Lipinski definition) is 2. The van der Waals surface area contributed by atoms with E-state index in [1.54, 1.807) is 18.3 Å². The minimum atomic E-state index is -0.126. The van der Waals surface area contributed by atoms with Crippen LogP contribution in [0.1, 0.15) is 12.0 Å². The van der Waals surface area contributed by atoms with Crippen molar-refractivity contribution in [3.05, 3.63) is 77.4 Å². The lowest BCUT2D eigenvalue weighted by molar-refractivity contribution is -0.116. The molecular weight excluding hydrogens is 362 g/mol. The molecule has 0 atom stereocenters. The van der Waals surface area contributed by atoms with Gasteiger partial charge in [0.15, 0.2) is 0 Å². The van der Waals surface area contributed by atoms with Crippen LogP contribution in [-0.4, -0.2) is 17.5 Å². The average Bonchev–Trinajstić information content (AvgIpc) is 2.68. The maximum absolute atomic E-state index is 12.0. The van der Waals surface area contributed by atoms with Crippen molar-refractivity contribution in [3.8, 4) is 5.75 Å². The van der Waals surface area contributed by atoms with Gasteiger partial charge in [-0.05, 0) is 48.9 Å². The summed E-state index contributed by atoms with van der Waals surface area (Å²) in [4.78, 5) is 16.3. The number of rotatable bonds is 7. The Balaban J connectivity index is 1.50. The van der Waals surface area contributed by atoms with Gasteiger partial charge in [-0.15, -0.1) is 0 Å². The van der Waals surface area contributed by atoms with Crippen LogP contribution in [0.25, 0.3) is 0 Å². The van der Waals surface area contributed by atoms with Crippen LogP contribution >= 0.6 is 11.6 Å². The number of hydrogen-bond acceptors (Lipinski definition) is 4. The molecule has 5 nitrogen and oxygen atoms in total. The van der Waals surface area contributed by atoms with Gasteiger partial charge < -0.3 is 15.4 Å². The topological polar surface area (TPSA) is 63.2 Å². The molecule has 0 unspecified atom stereocenters. The Morgan fingerprint density at radius 1 is 1.07 bits per heavy atom. The van der Waals surface area contributed by atoms with Crippen LogP contribution in [0.2, 0.25) is 5.02 Å². The van der Waals surface area contributed by atoms with Gasteiger partial charge in [-0.25, -0.2) is 4.98 Å². The highest BCUT2D eigenvalue weighted by molar-refractivity contribution is 6.31. The van der Waals surface area contributed by atoms with Gasteiger partial charge in [-0.3, -0.25) is 4.79 Å². The molecule has 0 bridgehead atoms. The van der Waals surface area contributed by atoms with Crippen LogP contribution in [0.3, 0.4) is 0 Å². The number of carbonyl (C=O) groups is 1. The number of nitrogens with one attached hydrogen (secondary N) is 2. The van der Waals surface area contributed by atoms with Crippen LogP contribution in [0.4, 0.5) is 17.2 Å². The smallest absolute Gasteiger partial charge is 0.227 e. The Morgan fingerprint density at radius 2 is 1.89 bits per heavy atom. The van der Waals surface area contributed by atoms with Crippen molar-refractivity contribution >= 4 is 34.7 Å². The second kappa shape index (κ2) is 9.05. The van der Waals surface area contributed by atoms with Gasteiger partial charge in [0, 0.05) is 10.7 Å². The third-order valence-corrected chi connectivity index (χ3v) is 4.33. The second-order valence-electron chi connectivity index (χ2n) is 5.93. The number of ether oxygens (including phenoxy) is 1. The highest BCUT2D eigenvalue weighted by Gasteiger charge is 2.06. The van der Waals surface area contributed by atoms with Crippen molar-refractivity contribution < 1.29 is 9.53 Å². The molecule has 0 saturated carbocycles. The minimum absolute atomic E-state index is 0.126. The zero-order chi connectivity index (χ0) is 19.1. The van der Waals surface area contributed by atoms with Crippen molar-refractivity contribution in [2.24, 2.45) is 0 Å². The van der Waals surface area contributed by atoms with E-state index < -0.39 is 0 Å². The summed E-state index contributed by atoms with van der Waals surface area (Å²) in [5.74, 6) is 1.30. The highest BCUT2D eigenvalue weighted by atomic mass is 35.5. The molecule has 3 rings (SSSR count). The Kier molecular flexibility index (Phi) is 6.28. The van der Waals surface area contributed by atoms with Gasteiger partial charge in [0.2, 0.25) is 5.91 Å². The third-order valence-electron chi connectivity index (χ3n) is 3.92. The molecule has 1 heterocycles. The van der Waals surface area contributed by atoms with E-state index in [9.17, 15) is 4.79 Å². The summed E-state index contributed by atoms with van der Waals surface area (Å²) in [5, 5.41) is 6.72. The van der Waals surface area contributed by atoms with Gasteiger partial charge in [0.05, 0.1) is 24.9 Å². The standard InChI is InChI=1S/C21H20ClN3O2/c1-15-18(22)8-5-9-19(15)25-20-11-10-16(14-23-20)24-21(26)12-13-27-17-6-3-2-4-7-17/h2-11,14H,12-13H2,1H3,(H,23,25)(H,24,26). The number of benzene rings is 2. The first-order valence-electron chi connectivity index (χ1n) is 8.58. The van der Waals surface area contributed by atoms with E-state index in [4.69, 9.17) is 16.3 Å². The van der Waals surface area contributed by atoms with E-state index in [0.717, 1.165) is 17.0 Å². The van der Waals surface area contributed by atoms with Crippen LogP contribution in [-0.2, 0) is 4.79 Å². The first kappa shape index (κ1) is 18.7. The second-order valence-corrected chi connectivity index (χ2v) is 6.34. The summed E-state index contributed by atoms with van der Waals surface area (Å²) in [6.07, 6.45) is 1.87. The molecule has 138 valence electrons. The molecule has 1 aromatic heterocycles. The Labute approximate surface area is 163 Å². The molecule has 2 aromatic carbocycles. The fourth-order valence-corrected chi connectivity index (χ4v) is 2.60. The lowest BCUT2D eigenvalue weighted by Gasteiger charge is -2.11. The predicted molar refractivity (Wildman–Crippen MR) is 109 cm³/mol. The fourth-order valence-electron chi connectivity index (χ4n) is 2.42. The molecule has 6 heteroatoms. The normalized spacial score (nSPS) is 10.3. The number of aromatic nitrogens is 1.